The number of aryl methyl sites for hydroxylation is 1. The van der Waals surface area contributed by atoms with E-state index in [1.807, 2.05) is 12.3 Å². The van der Waals surface area contributed by atoms with E-state index in [4.69, 9.17) is 0 Å². The second kappa shape index (κ2) is 5.25. The number of hydrogen-bond donors (Lipinski definition) is 1. The van der Waals surface area contributed by atoms with E-state index in [-0.39, 0.29) is 6.04 Å². The highest BCUT2D eigenvalue weighted by atomic mass is 14.9. The number of nitrogens with zero attached hydrogens (tertiary/aromatic N) is 3. The second-order valence-electron chi connectivity index (χ2n) is 4.83. The lowest BCUT2D eigenvalue weighted by molar-refractivity contribution is 0.829. The summed E-state index contributed by atoms with van der Waals surface area (Å²) >= 11 is 0. The third kappa shape index (κ3) is 2.32. The molecule has 0 bridgehead atoms. The molecule has 2 aromatic heterocycles. The molecule has 0 saturated carbocycles. The maximum absolute atomic E-state index is 4.45. The molecule has 0 aliphatic rings. The van der Waals surface area contributed by atoms with Gasteiger partial charge in [-0.05, 0) is 37.6 Å². The highest BCUT2D eigenvalue weighted by molar-refractivity contribution is 5.93. The van der Waals surface area contributed by atoms with E-state index in [2.05, 4.69) is 52.3 Å². The predicted octanol–water partition coefficient (Wildman–Crippen LogP) is 3.51. The van der Waals surface area contributed by atoms with E-state index in [9.17, 15) is 0 Å². The van der Waals surface area contributed by atoms with Crippen LogP contribution in [-0.2, 0) is 0 Å². The van der Waals surface area contributed by atoms with Gasteiger partial charge in [0.1, 0.15) is 0 Å². The first-order chi connectivity index (χ1) is 9.75. The summed E-state index contributed by atoms with van der Waals surface area (Å²) in [7, 11) is 0. The monoisotopic (exact) mass is 264 g/mol. The minimum atomic E-state index is 0.0924. The lowest BCUT2D eigenvalue weighted by atomic mass is 10.1. The van der Waals surface area contributed by atoms with Crippen LogP contribution in [0, 0.1) is 6.92 Å². The SMILES string of the molecule is Cc1ccc(NC(C)c2cnccn2)c2cccnc12. The van der Waals surface area contributed by atoms with Gasteiger partial charge < -0.3 is 5.32 Å². The molecule has 1 unspecified atom stereocenters. The molecule has 4 heteroatoms. The highest BCUT2D eigenvalue weighted by Crippen LogP contribution is 2.27. The predicted molar refractivity (Wildman–Crippen MR) is 80.5 cm³/mol. The summed E-state index contributed by atoms with van der Waals surface area (Å²) < 4.78 is 0. The molecule has 0 spiro atoms. The zero-order valence-electron chi connectivity index (χ0n) is 11.5. The molecule has 0 fully saturated rings. The van der Waals surface area contributed by atoms with Crippen LogP contribution in [0.2, 0.25) is 0 Å². The Kier molecular flexibility index (Phi) is 3.29. The van der Waals surface area contributed by atoms with Gasteiger partial charge in [0.15, 0.2) is 0 Å². The molecule has 1 N–H and O–H groups in total. The van der Waals surface area contributed by atoms with Gasteiger partial charge in [-0.2, -0.15) is 0 Å². The quantitative estimate of drug-likeness (QED) is 0.786. The fraction of sp³-hybridized carbons (Fsp3) is 0.188. The van der Waals surface area contributed by atoms with E-state index in [0.29, 0.717) is 0 Å². The molecule has 100 valence electrons. The van der Waals surface area contributed by atoms with Gasteiger partial charge in [-0.15, -0.1) is 0 Å². The summed E-state index contributed by atoms with van der Waals surface area (Å²) in [6.07, 6.45) is 7.00. The molecule has 0 amide bonds. The van der Waals surface area contributed by atoms with Crippen LogP contribution in [0.1, 0.15) is 24.2 Å². The van der Waals surface area contributed by atoms with Crippen LogP contribution in [-0.4, -0.2) is 15.0 Å². The van der Waals surface area contributed by atoms with Gasteiger partial charge in [0.05, 0.1) is 23.4 Å². The molecule has 1 atom stereocenters. The van der Waals surface area contributed by atoms with Crippen LogP contribution in [0.25, 0.3) is 10.9 Å². The Labute approximate surface area is 117 Å². The summed E-state index contributed by atoms with van der Waals surface area (Å²) in [4.78, 5) is 12.9. The van der Waals surface area contributed by atoms with Gasteiger partial charge >= 0.3 is 0 Å². The van der Waals surface area contributed by atoms with Crippen molar-refractivity contribution in [1.29, 1.82) is 0 Å². The standard InChI is InChI=1S/C16H16N4/c1-11-5-6-14(13-4-3-7-19-16(11)13)20-12(2)15-10-17-8-9-18-15/h3-10,12,20H,1-2H3. The van der Waals surface area contributed by atoms with Crippen molar-refractivity contribution in [3.63, 3.8) is 0 Å². The van der Waals surface area contributed by atoms with Crippen LogP contribution in [0.5, 0.6) is 0 Å². The largest absolute Gasteiger partial charge is 0.376 e. The number of anilines is 1. The fourth-order valence-corrected chi connectivity index (χ4v) is 2.28. The third-order valence-corrected chi connectivity index (χ3v) is 3.37. The first-order valence-corrected chi connectivity index (χ1v) is 6.62. The van der Waals surface area contributed by atoms with Crippen LogP contribution in [0.15, 0.2) is 49.1 Å². The van der Waals surface area contributed by atoms with Gasteiger partial charge in [-0.25, -0.2) is 0 Å². The van der Waals surface area contributed by atoms with Gasteiger partial charge in [-0.3, -0.25) is 15.0 Å². The number of hydrogen-bond acceptors (Lipinski definition) is 4. The summed E-state index contributed by atoms with van der Waals surface area (Å²) in [6, 6.07) is 8.31. The average Bonchev–Trinajstić information content (AvgIpc) is 2.51. The molecule has 20 heavy (non-hydrogen) atoms. The molecule has 0 saturated heterocycles. The summed E-state index contributed by atoms with van der Waals surface area (Å²) in [5.74, 6) is 0. The summed E-state index contributed by atoms with van der Waals surface area (Å²) in [6.45, 7) is 4.15. The van der Waals surface area contributed by atoms with Gasteiger partial charge in [0.2, 0.25) is 0 Å². The zero-order chi connectivity index (χ0) is 13.9. The Morgan fingerprint density at radius 3 is 2.75 bits per heavy atom. The highest BCUT2D eigenvalue weighted by Gasteiger charge is 2.10. The van der Waals surface area contributed by atoms with Crippen molar-refractivity contribution in [1.82, 2.24) is 15.0 Å². The molecule has 0 radical (unpaired) electrons. The fourth-order valence-electron chi connectivity index (χ4n) is 2.28. The lowest BCUT2D eigenvalue weighted by Crippen LogP contribution is -2.09. The van der Waals surface area contributed by atoms with Crippen molar-refractivity contribution in [2.75, 3.05) is 5.32 Å². The number of rotatable bonds is 3. The first kappa shape index (κ1) is 12.5. The Hall–Kier alpha value is -2.49. The van der Waals surface area contributed by atoms with Crippen LogP contribution < -0.4 is 5.32 Å². The topological polar surface area (TPSA) is 50.7 Å². The number of benzene rings is 1. The van der Waals surface area contributed by atoms with Crippen LogP contribution in [0.3, 0.4) is 0 Å². The maximum atomic E-state index is 4.45. The van der Waals surface area contributed by atoms with E-state index < -0.39 is 0 Å². The Bertz CT molecular complexity index is 725. The number of aromatic nitrogens is 3. The van der Waals surface area contributed by atoms with Crippen molar-refractivity contribution < 1.29 is 0 Å². The molecule has 3 rings (SSSR count). The molecule has 4 nitrogen and oxygen atoms in total. The van der Waals surface area contributed by atoms with Crippen molar-refractivity contribution in [3.8, 4) is 0 Å². The first-order valence-electron chi connectivity index (χ1n) is 6.62. The molecule has 3 aromatic rings. The smallest absolute Gasteiger partial charge is 0.0806 e. The lowest BCUT2D eigenvalue weighted by Gasteiger charge is -2.16. The summed E-state index contributed by atoms with van der Waals surface area (Å²) in [5, 5.41) is 4.61. The van der Waals surface area contributed by atoms with Gasteiger partial charge in [0.25, 0.3) is 0 Å². The zero-order valence-corrected chi connectivity index (χ0v) is 11.5. The molecule has 0 aliphatic heterocycles. The summed E-state index contributed by atoms with van der Waals surface area (Å²) in [5.41, 5.74) is 4.20. The molecular formula is C16H16N4. The molecule has 1 aromatic carbocycles. The van der Waals surface area contributed by atoms with E-state index in [0.717, 1.165) is 22.3 Å². The van der Waals surface area contributed by atoms with Crippen LogP contribution >= 0.6 is 0 Å². The van der Waals surface area contributed by atoms with E-state index >= 15 is 0 Å². The third-order valence-electron chi connectivity index (χ3n) is 3.37. The minimum Gasteiger partial charge on any atom is -0.376 e. The average molecular weight is 264 g/mol. The van der Waals surface area contributed by atoms with Gasteiger partial charge in [0, 0.05) is 29.7 Å². The minimum absolute atomic E-state index is 0.0924. The van der Waals surface area contributed by atoms with Crippen molar-refractivity contribution >= 4 is 16.6 Å². The normalized spacial score (nSPS) is 12.3. The van der Waals surface area contributed by atoms with Crippen LogP contribution in [0.4, 0.5) is 5.69 Å². The van der Waals surface area contributed by atoms with Gasteiger partial charge in [-0.1, -0.05) is 6.07 Å². The molecular weight excluding hydrogens is 248 g/mol. The number of pyridine rings is 1. The molecule has 2 heterocycles. The maximum Gasteiger partial charge on any atom is 0.0806 e. The number of fused-ring (bicyclic) bond motifs is 1. The van der Waals surface area contributed by atoms with E-state index in [1.165, 1.54) is 5.56 Å². The Morgan fingerprint density at radius 1 is 1.05 bits per heavy atom. The Morgan fingerprint density at radius 2 is 1.95 bits per heavy atom. The Balaban J connectivity index is 1.97. The number of nitrogens with one attached hydrogen (secondary N) is 1. The van der Waals surface area contributed by atoms with Crippen molar-refractivity contribution in [3.05, 3.63) is 60.3 Å². The van der Waals surface area contributed by atoms with Crippen molar-refractivity contribution in [2.24, 2.45) is 0 Å². The van der Waals surface area contributed by atoms with E-state index in [1.54, 1.807) is 18.6 Å². The molecule has 0 aliphatic carbocycles. The second-order valence-corrected chi connectivity index (χ2v) is 4.83. The van der Waals surface area contributed by atoms with Crippen molar-refractivity contribution in [2.45, 2.75) is 19.9 Å².